The summed E-state index contributed by atoms with van der Waals surface area (Å²) in [6.45, 7) is 4.17. The van der Waals surface area contributed by atoms with Crippen LogP contribution in [0.1, 0.15) is 24.6 Å². The first-order valence-corrected chi connectivity index (χ1v) is 5.70. The van der Waals surface area contributed by atoms with E-state index in [0.29, 0.717) is 0 Å². The van der Waals surface area contributed by atoms with Crippen molar-refractivity contribution in [2.45, 2.75) is 26.7 Å². The monoisotopic (exact) mass is 218 g/mol. The fourth-order valence-electron chi connectivity index (χ4n) is 2.08. The SMILES string of the molecule is CCCc1c(N(C)C)ccc2c(C)noc12. The highest BCUT2D eigenvalue weighted by Crippen LogP contribution is 2.30. The van der Waals surface area contributed by atoms with Crippen molar-refractivity contribution in [1.82, 2.24) is 5.16 Å². The van der Waals surface area contributed by atoms with Gasteiger partial charge < -0.3 is 9.42 Å². The summed E-state index contributed by atoms with van der Waals surface area (Å²) in [4.78, 5) is 2.13. The van der Waals surface area contributed by atoms with E-state index in [9.17, 15) is 0 Å². The molecule has 1 heterocycles. The average molecular weight is 218 g/mol. The van der Waals surface area contributed by atoms with Crippen LogP contribution in [-0.2, 0) is 6.42 Å². The van der Waals surface area contributed by atoms with E-state index in [4.69, 9.17) is 4.52 Å². The van der Waals surface area contributed by atoms with Gasteiger partial charge in [0.2, 0.25) is 0 Å². The third-order valence-corrected chi connectivity index (χ3v) is 2.88. The number of anilines is 1. The summed E-state index contributed by atoms with van der Waals surface area (Å²) in [7, 11) is 4.12. The Hall–Kier alpha value is -1.51. The summed E-state index contributed by atoms with van der Waals surface area (Å²) < 4.78 is 5.45. The van der Waals surface area contributed by atoms with Crippen molar-refractivity contribution >= 4 is 16.7 Å². The van der Waals surface area contributed by atoms with Crippen LogP contribution in [0.25, 0.3) is 11.0 Å². The molecule has 2 aromatic rings. The molecule has 0 bridgehead atoms. The highest BCUT2D eigenvalue weighted by Gasteiger charge is 2.14. The van der Waals surface area contributed by atoms with Gasteiger partial charge in [0.15, 0.2) is 5.58 Å². The van der Waals surface area contributed by atoms with Crippen LogP contribution in [0.3, 0.4) is 0 Å². The normalized spacial score (nSPS) is 11.0. The molecule has 3 nitrogen and oxygen atoms in total. The van der Waals surface area contributed by atoms with Gasteiger partial charge in [0.1, 0.15) is 0 Å². The fourth-order valence-corrected chi connectivity index (χ4v) is 2.08. The lowest BCUT2D eigenvalue weighted by atomic mass is 10.0. The predicted octanol–water partition coefficient (Wildman–Crippen LogP) is 3.15. The van der Waals surface area contributed by atoms with Crippen molar-refractivity contribution in [3.63, 3.8) is 0 Å². The van der Waals surface area contributed by atoms with Gasteiger partial charge in [0.25, 0.3) is 0 Å². The number of hydrogen-bond donors (Lipinski definition) is 0. The number of benzene rings is 1. The van der Waals surface area contributed by atoms with E-state index in [0.717, 1.165) is 29.5 Å². The first-order chi connectivity index (χ1) is 7.65. The molecule has 2 rings (SSSR count). The molecule has 3 heteroatoms. The molecule has 0 spiro atoms. The van der Waals surface area contributed by atoms with Crippen molar-refractivity contribution < 1.29 is 4.52 Å². The molecule has 16 heavy (non-hydrogen) atoms. The summed E-state index contributed by atoms with van der Waals surface area (Å²) >= 11 is 0. The third-order valence-electron chi connectivity index (χ3n) is 2.88. The molecule has 0 fully saturated rings. The van der Waals surface area contributed by atoms with Crippen molar-refractivity contribution in [3.05, 3.63) is 23.4 Å². The molecule has 0 radical (unpaired) electrons. The molecule has 0 atom stereocenters. The molecule has 0 saturated heterocycles. The molecular weight excluding hydrogens is 200 g/mol. The van der Waals surface area contributed by atoms with Crippen LogP contribution in [0.5, 0.6) is 0 Å². The quantitative estimate of drug-likeness (QED) is 0.792. The minimum atomic E-state index is 0.950. The molecule has 0 unspecified atom stereocenters. The Labute approximate surface area is 96.0 Å². The minimum Gasteiger partial charge on any atom is -0.377 e. The van der Waals surface area contributed by atoms with E-state index >= 15 is 0 Å². The predicted molar refractivity (Wildman–Crippen MR) is 67.1 cm³/mol. The zero-order valence-electron chi connectivity index (χ0n) is 10.4. The molecule has 0 aliphatic rings. The van der Waals surface area contributed by atoms with Crippen molar-refractivity contribution in [3.8, 4) is 0 Å². The smallest absolute Gasteiger partial charge is 0.172 e. The number of aryl methyl sites for hydroxylation is 2. The Morgan fingerprint density at radius 2 is 2.06 bits per heavy atom. The zero-order valence-corrected chi connectivity index (χ0v) is 10.4. The van der Waals surface area contributed by atoms with E-state index in [1.54, 1.807) is 0 Å². The average Bonchev–Trinajstić information content (AvgIpc) is 2.61. The Morgan fingerprint density at radius 1 is 1.31 bits per heavy atom. The van der Waals surface area contributed by atoms with Crippen LogP contribution < -0.4 is 4.90 Å². The second kappa shape index (κ2) is 4.16. The van der Waals surface area contributed by atoms with Crippen LogP contribution in [0.4, 0.5) is 5.69 Å². The second-order valence-corrected chi connectivity index (χ2v) is 4.35. The lowest BCUT2D eigenvalue weighted by Crippen LogP contribution is -2.11. The minimum absolute atomic E-state index is 0.950. The number of nitrogens with zero attached hydrogens (tertiary/aromatic N) is 2. The molecule has 0 aliphatic heterocycles. The van der Waals surface area contributed by atoms with Gasteiger partial charge in [-0.3, -0.25) is 0 Å². The number of aromatic nitrogens is 1. The highest BCUT2D eigenvalue weighted by atomic mass is 16.5. The van der Waals surface area contributed by atoms with Crippen LogP contribution in [-0.4, -0.2) is 19.3 Å². The maximum absolute atomic E-state index is 5.45. The molecule has 0 saturated carbocycles. The summed E-state index contributed by atoms with van der Waals surface area (Å²) in [6, 6.07) is 4.24. The van der Waals surface area contributed by atoms with Gasteiger partial charge in [0.05, 0.1) is 5.69 Å². The molecule has 0 N–H and O–H groups in total. The van der Waals surface area contributed by atoms with Gasteiger partial charge in [-0.25, -0.2) is 0 Å². The van der Waals surface area contributed by atoms with Crippen LogP contribution in [0.2, 0.25) is 0 Å². The number of rotatable bonds is 3. The topological polar surface area (TPSA) is 29.3 Å². The standard InChI is InChI=1S/C13H18N2O/c1-5-6-11-12(15(3)4)8-7-10-9(2)14-16-13(10)11/h7-8H,5-6H2,1-4H3. The fraction of sp³-hybridized carbons (Fsp3) is 0.462. The van der Waals surface area contributed by atoms with E-state index in [2.05, 4.69) is 43.2 Å². The van der Waals surface area contributed by atoms with Gasteiger partial charge in [-0.2, -0.15) is 0 Å². The number of fused-ring (bicyclic) bond motifs is 1. The van der Waals surface area contributed by atoms with Gasteiger partial charge in [0, 0.05) is 30.7 Å². The van der Waals surface area contributed by atoms with Crippen molar-refractivity contribution in [2.24, 2.45) is 0 Å². The maximum atomic E-state index is 5.45. The molecule has 1 aromatic heterocycles. The zero-order chi connectivity index (χ0) is 11.7. The van der Waals surface area contributed by atoms with E-state index in [1.807, 2.05) is 6.92 Å². The number of hydrogen-bond acceptors (Lipinski definition) is 3. The summed E-state index contributed by atoms with van der Waals surface area (Å²) in [5.74, 6) is 0. The van der Waals surface area contributed by atoms with Gasteiger partial charge in [-0.05, 0) is 25.5 Å². The lowest BCUT2D eigenvalue weighted by Gasteiger charge is -2.17. The molecule has 86 valence electrons. The lowest BCUT2D eigenvalue weighted by molar-refractivity contribution is 0.448. The van der Waals surface area contributed by atoms with E-state index in [1.165, 1.54) is 11.3 Å². The van der Waals surface area contributed by atoms with Crippen LogP contribution >= 0.6 is 0 Å². The van der Waals surface area contributed by atoms with Gasteiger partial charge in [-0.15, -0.1) is 0 Å². The van der Waals surface area contributed by atoms with Gasteiger partial charge >= 0.3 is 0 Å². The first kappa shape index (κ1) is 11.0. The van der Waals surface area contributed by atoms with Gasteiger partial charge in [-0.1, -0.05) is 18.5 Å². The second-order valence-electron chi connectivity index (χ2n) is 4.35. The third kappa shape index (κ3) is 1.66. The molecular formula is C13H18N2O. The van der Waals surface area contributed by atoms with E-state index in [-0.39, 0.29) is 0 Å². The van der Waals surface area contributed by atoms with Crippen molar-refractivity contribution in [1.29, 1.82) is 0 Å². The van der Waals surface area contributed by atoms with Crippen LogP contribution in [0, 0.1) is 6.92 Å². The summed E-state index contributed by atoms with van der Waals surface area (Å²) in [5.41, 5.74) is 4.42. The summed E-state index contributed by atoms with van der Waals surface area (Å²) in [5, 5.41) is 5.18. The highest BCUT2D eigenvalue weighted by molar-refractivity contribution is 5.87. The van der Waals surface area contributed by atoms with Crippen molar-refractivity contribution in [2.75, 3.05) is 19.0 Å². The largest absolute Gasteiger partial charge is 0.377 e. The first-order valence-electron chi connectivity index (χ1n) is 5.70. The van der Waals surface area contributed by atoms with E-state index < -0.39 is 0 Å². The Kier molecular flexibility index (Phi) is 2.86. The molecule has 0 aliphatic carbocycles. The van der Waals surface area contributed by atoms with Crippen LogP contribution in [0.15, 0.2) is 16.7 Å². The molecule has 1 aromatic carbocycles. The Morgan fingerprint density at radius 3 is 2.69 bits per heavy atom. The summed E-state index contributed by atoms with van der Waals surface area (Å²) in [6.07, 6.45) is 2.14. The Bertz CT molecular complexity index is 500. The maximum Gasteiger partial charge on any atom is 0.172 e. The molecule has 0 amide bonds. The Balaban J connectivity index is 2.69.